The van der Waals surface area contributed by atoms with Gasteiger partial charge in [0.05, 0.1) is 0 Å². The van der Waals surface area contributed by atoms with E-state index in [9.17, 15) is 0 Å². The second-order valence-electron chi connectivity index (χ2n) is 2.09. The highest BCUT2D eigenvalue weighted by Crippen LogP contribution is 1.92. The van der Waals surface area contributed by atoms with E-state index < -0.39 is 0 Å². The van der Waals surface area contributed by atoms with Gasteiger partial charge >= 0.3 is 5.96 Å². The molecule has 3 nitrogen and oxygen atoms in total. The molecule has 0 heterocycles. The first-order chi connectivity index (χ1) is 5.29. The van der Waals surface area contributed by atoms with Gasteiger partial charge in [-0.2, -0.15) is 0 Å². The lowest BCUT2D eigenvalue weighted by atomic mass is 10.2. The molecule has 1 rings (SSSR count). The van der Waals surface area contributed by atoms with Gasteiger partial charge in [-0.25, -0.2) is 0 Å². The summed E-state index contributed by atoms with van der Waals surface area (Å²) in [5.74, 6) is 0.0776. The summed E-state index contributed by atoms with van der Waals surface area (Å²) in [4.78, 5) is 3.74. The molecule has 0 saturated heterocycles. The number of nitrogens with zero attached hydrogens (tertiary/aromatic N) is 1. The molecule has 0 atom stereocenters. The fourth-order valence-corrected chi connectivity index (χ4v) is 0.688. The normalized spacial score (nSPS) is 10.2. The van der Waals surface area contributed by atoms with Gasteiger partial charge in [0.15, 0.2) is 0 Å². The number of hydrogen-bond donors (Lipinski definition) is 2. The largest absolute Gasteiger partial charge is 0.380 e. The highest BCUT2D eigenvalue weighted by Gasteiger charge is 1.89. The SMILES string of the molecule is NC(=[NH2+])/N=C/c1ccccc1. The van der Waals surface area contributed by atoms with Gasteiger partial charge in [-0.3, -0.25) is 11.1 Å². The number of hydrogen-bond acceptors (Lipinski definition) is 0. The number of nitrogens with two attached hydrogens (primary N) is 2. The fraction of sp³-hybridized carbons (Fsp3) is 0. The number of guanidine groups is 1. The third-order valence-electron chi connectivity index (χ3n) is 1.16. The van der Waals surface area contributed by atoms with E-state index in [0.717, 1.165) is 5.56 Å². The zero-order valence-corrected chi connectivity index (χ0v) is 6.07. The maximum absolute atomic E-state index is 5.14. The molecule has 0 bridgehead atoms. The monoisotopic (exact) mass is 148 g/mol. The van der Waals surface area contributed by atoms with Crippen LogP contribution >= 0.6 is 0 Å². The average molecular weight is 148 g/mol. The maximum Gasteiger partial charge on any atom is 0.380 e. The van der Waals surface area contributed by atoms with E-state index in [1.165, 1.54) is 0 Å². The first-order valence-corrected chi connectivity index (χ1v) is 3.26. The Morgan fingerprint density at radius 1 is 1.36 bits per heavy atom. The molecule has 1 aromatic carbocycles. The minimum Gasteiger partial charge on any atom is -0.288 e. The van der Waals surface area contributed by atoms with Crippen LogP contribution in [0.5, 0.6) is 0 Å². The first kappa shape index (κ1) is 7.47. The van der Waals surface area contributed by atoms with Gasteiger partial charge in [0.1, 0.15) is 6.21 Å². The summed E-state index contributed by atoms with van der Waals surface area (Å²) in [6.45, 7) is 0. The molecule has 0 radical (unpaired) electrons. The van der Waals surface area contributed by atoms with Crippen LogP contribution in [0, 0.1) is 0 Å². The Balaban J connectivity index is 2.72. The summed E-state index contributed by atoms with van der Waals surface area (Å²) in [6.07, 6.45) is 1.62. The molecule has 3 heteroatoms. The van der Waals surface area contributed by atoms with Crippen molar-refractivity contribution in [3.8, 4) is 0 Å². The Hall–Kier alpha value is -1.64. The van der Waals surface area contributed by atoms with E-state index in [1.807, 2.05) is 30.3 Å². The summed E-state index contributed by atoms with van der Waals surface area (Å²) in [5, 5.41) is 5.14. The van der Waals surface area contributed by atoms with Gasteiger partial charge in [-0.1, -0.05) is 35.3 Å². The lowest BCUT2D eigenvalue weighted by molar-refractivity contribution is -0.116. The molecule has 0 spiro atoms. The van der Waals surface area contributed by atoms with Crippen molar-refractivity contribution in [1.29, 1.82) is 0 Å². The summed E-state index contributed by atoms with van der Waals surface area (Å²) in [7, 11) is 0. The van der Waals surface area contributed by atoms with Crippen molar-refractivity contribution >= 4 is 12.2 Å². The van der Waals surface area contributed by atoms with Crippen molar-refractivity contribution in [2.24, 2.45) is 10.7 Å². The molecule has 56 valence electrons. The van der Waals surface area contributed by atoms with E-state index in [4.69, 9.17) is 11.1 Å². The zero-order chi connectivity index (χ0) is 8.10. The van der Waals surface area contributed by atoms with Crippen LogP contribution < -0.4 is 11.1 Å². The van der Waals surface area contributed by atoms with Crippen LogP contribution in [0.4, 0.5) is 0 Å². The lowest BCUT2D eigenvalue weighted by Crippen LogP contribution is -2.44. The molecule has 4 N–H and O–H groups in total. The van der Waals surface area contributed by atoms with Crippen LogP contribution in [0.3, 0.4) is 0 Å². The minimum atomic E-state index is 0.0776. The number of benzene rings is 1. The third kappa shape index (κ3) is 2.62. The summed E-state index contributed by atoms with van der Waals surface area (Å²) in [5.41, 5.74) is 6.12. The van der Waals surface area contributed by atoms with Crippen molar-refractivity contribution in [3.63, 3.8) is 0 Å². The van der Waals surface area contributed by atoms with Crippen molar-refractivity contribution in [2.75, 3.05) is 0 Å². The van der Waals surface area contributed by atoms with Crippen molar-refractivity contribution in [3.05, 3.63) is 35.9 Å². The van der Waals surface area contributed by atoms with E-state index in [0.29, 0.717) is 0 Å². The van der Waals surface area contributed by atoms with Crippen LogP contribution in [0.25, 0.3) is 0 Å². The standard InChI is InChI=1S/C8H9N3/c9-8(10)11-6-7-4-2-1-3-5-7/h1-6H,(H3,9,10)/p+1/b11-6+. The van der Waals surface area contributed by atoms with Crippen LogP contribution in [0.1, 0.15) is 5.56 Å². The molecule has 0 aromatic heterocycles. The molecule has 0 aliphatic carbocycles. The van der Waals surface area contributed by atoms with Crippen molar-refractivity contribution in [2.45, 2.75) is 0 Å². The summed E-state index contributed by atoms with van der Waals surface area (Å²) in [6, 6.07) is 9.63. The van der Waals surface area contributed by atoms with Crippen LogP contribution in [0.15, 0.2) is 35.3 Å². The van der Waals surface area contributed by atoms with Gasteiger partial charge in [-0.05, 0) is 0 Å². The smallest absolute Gasteiger partial charge is 0.288 e. The molecule has 0 amide bonds. The van der Waals surface area contributed by atoms with Gasteiger partial charge in [-0.15, -0.1) is 0 Å². The molecule has 1 aromatic rings. The van der Waals surface area contributed by atoms with Gasteiger partial charge in [0.2, 0.25) is 0 Å². The summed E-state index contributed by atoms with van der Waals surface area (Å²) < 4.78 is 0. The summed E-state index contributed by atoms with van der Waals surface area (Å²) >= 11 is 0. The predicted molar refractivity (Wildman–Crippen MR) is 45.2 cm³/mol. The average Bonchev–Trinajstić information content (AvgIpc) is 2.03. The predicted octanol–water partition coefficient (Wildman–Crippen LogP) is -0.821. The fourth-order valence-electron chi connectivity index (χ4n) is 0.688. The minimum absolute atomic E-state index is 0.0776. The lowest BCUT2D eigenvalue weighted by Gasteiger charge is -1.84. The molecule has 0 aliphatic heterocycles. The molecule has 0 aliphatic rings. The van der Waals surface area contributed by atoms with E-state index >= 15 is 0 Å². The van der Waals surface area contributed by atoms with Crippen molar-refractivity contribution < 1.29 is 5.41 Å². The Morgan fingerprint density at radius 3 is 2.55 bits per heavy atom. The van der Waals surface area contributed by atoms with Crippen LogP contribution in [0.2, 0.25) is 0 Å². The quantitative estimate of drug-likeness (QED) is 0.396. The second-order valence-corrected chi connectivity index (χ2v) is 2.09. The first-order valence-electron chi connectivity index (χ1n) is 3.26. The van der Waals surface area contributed by atoms with E-state index in [2.05, 4.69) is 4.99 Å². The van der Waals surface area contributed by atoms with E-state index in [1.54, 1.807) is 6.21 Å². The van der Waals surface area contributed by atoms with Gasteiger partial charge in [0, 0.05) is 5.56 Å². The Bertz CT molecular complexity index is 264. The van der Waals surface area contributed by atoms with Gasteiger partial charge in [0.25, 0.3) is 0 Å². The Morgan fingerprint density at radius 2 is 2.00 bits per heavy atom. The highest BCUT2D eigenvalue weighted by atomic mass is 15.0. The van der Waals surface area contributed by atoms with E-state index in [-0.39, 0.29) is 5.96 Å². The molecule has 11 heavy (non-hydrogen) atoms. The van der Waals surface area contributed by atoms with Crippen molar-refractivity contribution in [1.82, 2.24) is 0 Å². The third-order valence-corrected chi connectivity index (χ3v) is 1.16. The number of rotatable bonds is 1. The molecular weight excluding hydrogens is 138 g/mol. The van der Waals surface area contributed by atoms with Crippen LogP contribution in [-0.2, 0) is 0 Å². The highest BCUT2D eigenvalue weighted by molar-refractivity contribution is 5.89. The molecule has 0 saturated carbocycles. The Kier molecular flexibility index (Phi) is 2.38. The van der Waals surface area contributed by atoms with Gasteiger partial charge < -0.3 is 0 Å². The molecule has 0 fully saturated rings. The topological polar surface area (TPSA) is 64.0 Å². The number of aliphatic imine (C=N–C) groups is 1. The Labute approximate surface area is 65.1 Å². The molecule has 0 unspecified atom stereocenters. The second kappa shape index (κ2) is 3.51. The molecular formula is C8H10N3+. The zero-order valence-electron chi connectivity index (χ0n) is 6.07. The van der Waals surface area contributed by atoms with Crippen LogP contribution in [-0.4, -0.2) is 12.2 Å². The maximum atomic E-state index is 5.14.